The van der Waals surface area contributed by atoms with Crippen LogP contribution in [0.1, 0.15) is 48.2 Å². The second-order valence-corrected chi connectivity index (χ2v) is 8.66. The average Bonchev–Trinajstić information content (AvgIpc) is 3.30. The van der Waals surface area contributed by atoms with Gasteiger partial charge in [-0.1, -0.05) is 38.1 Å². The van der Waals surface area contributed by atoms with E-state index in [9.17, 15) is 9.59 Å². The Kier molecular flexibility index (Phi) is 6.56. The van der Waals surface area contributed by atoms with E-state index in [4.69, 9.17) is 4.74 Å². The number of fused-ring (bicyclic) bond motifs is 1. The zero-order valence-electron chi connectivity index (χ0n) is 18.3. The Balaban J connectivity index is 1.58. The van der Waals surface area contributed by atoms with E-state index in [1.54, 1.807) is 6.07 Å². The van der Waals surface area contributed by atoms with Crippen LogP contribution in [0.2, 0.25) is 0 Å². The summed E-state index contributed by atoms with van der Waals surface area (Å²) in [7, 11) is 0. The molecule has 164 valence electrons. The van der Waals surface area contributed by atoms with Crippen LogP contribution in [0.25, 0.3) is 0 Å². The summed E-state index contributed by atoms with van der Waals surface area (Å²) < 4.78 is 5.65. The first-order valence-corrected chi connectivity index (χ1v) is 11.2. The topological polar surface area (TPSA) is 70.7 Å². The molecule has 2 amide bonds. The third-order valence-electron chi connectivity index (χ3n) is 6.02. The van der Waals surface area contributed by atoms with Crippen LogP contribution in [0.3, 0.4) is 0 Å². The molecular formula is C25H31N3O3. The van der Waals surface area contributed by atoms with Gasteiger partial charge in [0.15, 0.2) is 0 Å². The van der Waals surface area contributed by atoms with Crippen LogP contribution in [-0.4, -0.2) is 37.6 Å². The van der Waals surface area contributed by atoms with E-state index in [1.165, 1.54) is 11.1 Å². The van der Waals surface area contributed by atoms with E-state index in [1.807, 2.05) is 26.0 Å². The lowest BCUT2D eigenvalue weighted by atomic mass is 9.98. The fourth-order valence-corrected chi connectivity index (χ4v) is 4.17. The number of amides is 2. The van der Waals surface area contributed by atoms with Gasteiger partial charge in [-0.2, -0.15) is 0 Å². The molecule has 4 rings (SSSR count). The summed E-state index contributed by atoms with van der Waals surface area (Å²) in [6, 6.07) is 14.1. The van der Waals surface area contributed by atoms with E-state index in [2.05, 4.69) is 39.8 Å². The van der Waals surface area contributed by atoms with Crippen molar-refractivity contribution in [3.63, 3.8) is 0 Å². The molecule has 0 bridgehead atoms. The number of benzene rings is 2. The van der Waals surface area contributed by atoms with Crippen LogP contribution >= 0.6 is 0 Å². The Morgan fingerprint density at radius 2 is 1.97 bits per heavy atom. The summed E-state index contributed by atoms with van der Waals surface area (Å²) in [5, 5.41) is 5.96. The van der Waals surface area contributed by atoms with E-state index >= 15 is 0 Å². The van der Waals surface area contributed by atoms with Crippen LogP contribution < -0.4 is 15.5 Å². The molecule has 0 radical (unpaired) electrons. The quantitative estimate of drug-likeness (QED) is 0.745. The number of carbonyl (C=O) groups is 2. The number of nitrogens with zero attached hydrogens (tertiary/aromatic N) is 1. The van der Waals surface area contributed by atoms with Crippen molar-refractivity contribution in [2.75, 3.05) is 29.9 Å². The van der Waals surface area contributed by atoms with Crippen LogP contribution in [0.5, 0.6) is 0 Å². The zero-order valence-corrected chi connectivity index (χ0v) is 18.3. The highest BCUT2D eigenvalue weighted by Crippen LogP contribution is 2.30. The van der Waals surface area contributed by atoms with Crippen molar-refractivity contribution in [1.82, 2.24) is 5.32 Å². The third-order valence-corrected chi connectivity index (χ3v) is 6.02. The predicted octanol–water partition coefficient (Wildman–Crippen LogP) is 3.75. The van der Waals surface area contributed by atoms with Gasteiger partial charge < -0.3 is 20.3 Å². The van der Waals surface area contributed by atoms with Crippen LogP contribution in [0.15, 0.2) is 42.5 Å². The molecule has 6 heteroatoms. The molecule has 2 heterocycles. The Labute approximate surface area is 184 Å². The molecule has 2 aromatic carbocycles. The number of carbonyl (C=O) groups excluding carboxylic acids is 2. The van der Waals surface area contributed by atoms with Crippen LogP contribution in [-0.2, 0) is 22.5 Å². The molecular weight excluding hydrogens is 390 g/mol. The number of rotatable bonds is 6. The molecule has 1 fully saturated rings. The minimum atomic E-state index is -0.134. The maximum absolute atomic E-state index is 13.2. The first kappa shape index (κ1) is 21.4. The summed E-state index contributed by atoms with van der Waals surface area (Å²) in [4.78, 5) is 27.6. The molecule has 2 aliphatic rings. The lowest BCUT2D eigenvalue weighted by Crippen LogP contribution is -2.35. The van der Waals surface area contributed by atoms with E-state index in [0.29, 0.717) is 17.8 Å². The number of hydrogen-bond acceptors (Lipinski definition) is 4. The molecule has 2 N–H and O–H groups in total. The molecule has 0 aromatic heterocycles. The minimum Gasteiger partial charge on any atom is -0.376 e. The van der Waals surface area contributed by atoms with Crippen molar-refractivity contribution in [3.05, 3.63) is 59.2 Å². The molecule has 31 heavy (non-hydrogen) atoms. The fourth-order valence-electron chi connectivity index (χ4n) is 4.17. The Hall–Kier alpha value is -2.86. The molecule has 1 atom stereocenters. The Bertz CT molecular complexity index is 951. The van der Waals surface area contributed by atoms with Crippen molar-refractivity contribution in [2.45, 2.75) is 45.8 Å². The van der Waals surface area contributed by atoms with Crippen LogP contribution in [0, 0.1) is 5.92 Å². The van der Waals surface area contributed by atoms with E-state index in [0.717, 1.165) is 44.6 Å². The van der Waals surface area contributed by atoms with Crippen molar-refractivity contribution >= 4 is 23.2 Å². The van der Waals surface area contributed by atoms with Crippen molar-refractivity contribution in [3.8, 4) is 0 Å². The Morgan fingerprint density at radius 3 is 2.71 bits per heavy atom. The minimum absolute atomic E-state index is 0.0645. The Morgan fingerprint density at radius 1 is 1.16 bits per heavy atom. The summed E-state index contributed by atoms with van der Waals surface area (Å²) in [6.45, 7) is 6.58. The average molecular weight is 422 g/mol. The van der Waals surface area contributed by atoms with Gasteiger partial charge in [-0.15, -0.1) is 0 Å². The highest BCUT2D eigenvalue weighted by atomic mass is 16.5. The van der Waals surface area contributed by atoms with Gasteiger partial charge in [-0.25, -0.2) is 0 Å². The second kappa shape index (κ2) is 9.52. The number of ether oxygens (including phenoxy) is 1. The smallest absolute Gasteiger partial charge is 0.253 e. The van der Waals surface area contributed by atoms with Crippen LogP contribution in [0.4, 0.5) is 11.4 Å². The molecule has 2 aliphatic heterocycles. The van der Waals surface area contributed by atoms with Gasteiger partial charge in [0, 0.05) is 43.5 Å². The van der Waals surface area contributed by atoms with E-state index < -0.39 is 0 Å². The largest absolute Gasteiger partial charge is 0.376 e. The maximum atomic E-state index is 13.2. The molecule has 0 unspecified atom stereocenters. The van der Waals surface area contributed by atoms with E-state index in [-0.39, 0.29) is 23.8 Å². The second-order valence-electron chi connectivity index (χ2n) is 8.66. The SMILES string of the molecule is CC(C)C(=O)Nc1ccc(N2CCc3ccccc3C2)c(C(=O)NC[C@@H]2CCCO2)c1. The fraction of sp³-hybridized carbons (Fsp3) is 0.440. The molecule has 0 aliphatic carbocycles. The standard InChI is InChI=1S/C25H31N3O3/c1-17(2)24(29)27-20-9-10-23(28-12-11-18-6-3-4-7-19(18)16-28)22(14-20)25(30)26-15-21-8-5-13-31-21/h3-4,6-7,9-10,14,17,21H,5,8,11-13,15-16H2,1-2H3,(H,26,30)(H,27,29)/t21-/m0/s1. The van der Waals surface area contributed by atoms with Gasteiger partial charge in [0.1, 0.15) is 0 Å². The van der Waals surface area contributed by atoms with Gasteiger partial charge in [-0.05, 0) is 48.6 Å². The highest BCUT2D eigenvalue weighted by molar-refractivity contribution is 6.02. The number of anilines is 2. The van der Waals surface area contributed by atoms with Gasteiger partial charge in [0.2, 0.25) is 5.91 Å². The summed E-state index contributed by atoms with van der Waals surface area (Å²) in [5.41, 5.74) is 4.77. The van der Waals surface area contributed by atoms with Crippen molar-refractivity contribution < 1.29 is 14.3 Å². The van der Waals surface area contributed by atoms with Gasteiger partial charge in [-0.3, -0.25) is 9.59 Å². The first-order chi connectivity index (χ1) is 15.0. The van der Waals surface area contributed by atoms with Crippen molar-refractivity contribution in [1.29, 1.82) is 0 Å². The molecule has 0 saturated carbocycles. The zero-order chi connectivity index (χ0) is 21.8. The highest BCUT2D eigenvalue weighted by Gasteiger charge is 2.23. The molecule has 2 aromatic rings. The summed E-state index contributed by atoms with van der Waals surface area (Å²) in [5.74, 6) is -0.328. The van der Waals surface area contributed by atoms with Gasteiger partial charge in [0.05, 0.1) is 11.7 Å². The monoisotopic (exact) mass is 421 g/mol. The lowest BCUT2D eigenvalue weighted by molar-refractivity contribution is -0.118. The lowest BCUT2D eigenvalue weighted by Gasteiger charge is -2.32. The molecule has 6 nitrogen and oxygen atoms in total. The van der Waals surface area contributed by atoms with Gasteiger partial charge in [0.25, 0.3) is 5.91 Å². The predicted molar refractivity (Wildman–Crippen MR) is 122 cm³/mol. The summed E-state index contributed by atoms with van der Waals surface area (Å²) in [6.07, 6.45) is 3.04. The maximum Gasteiger partial charge on any atom is 0.253 e. The summed E-state index contributed by atoms with van der Waals surface area (Å²) >= 11 is 0. The molecule has 1 saturated heterocycles. The molecule has 0 spiro atoms. The number of nitrogens with one attached hydrogen (secondary N) is 2. The first-order valence-electron chi connectivity index (χ1n) is 11.2. The van der Waals surface area contributed by atoms with Crippen molar-refractivity contribution in [2.24, 2.45) is 5.92 Å². The third kappa shape index (κ3) is 5.07. The normalized spacial score (nSPS) is 18.0. The van der Waals surface area contributed by atoms with Gasteiger partial charge >= 0.3 is 0 Å². The number of hydrogen-bond donors (Lipinski definition) is 2.